The molecule has 0 saturated carbocycles. The van der Waals surface area contributed by atoms with Gasteiger partial charge in [0.25, 0.3) is 0 Å². The first-order valence-corrected chi connectivity index (χ1v) is 8.08. The van der Waals surface area contributed by atoms with E-state index >= 15 is 0 Å². The molecule has 2 aromatic rings. The van der Waals surface area contributed by atoms with E-state index < -0.39 is 5.38 Å². The fourth-order valence-corrected chi connectivity index (χ4v) is 2.86. The van der Waals surface area contributed by atoms with Crippen molar-refractivity contribution in [3.8, 4) is 5.75 Å². The van der Waals surface area contributed by atoms with Crippen LogP contribution in [-0.2, 0) is 0 Å². The molecule has 2 aromatic carbocycles. The van der Waals surface area contributed by atoms with Crippen molar-refractivity contribution in [3.05, 3.63) is 63.4 Å². The number of aryl methyl sites for hydroxylation is 1. The van der Waals surface area contributed by atoms with Crippen LogP contribution in [0, 0.1) is 12.7 Å². The Morgan fingerprint density at radius 1 is 1.29 bits per heavy atom. The molecule has 1 unspecified atom stereocenters. The second-order valence-corrected chi connectivity index (χ2v) is 6.17. The maximum atomic E-state index is 14.2. The molecule has 0 fully saturated rings. The van der Waals surface area contributed by atoms with Crippen molar-refractivity contribution >= 4 is 27.5 Å². The van der Waals surface area contributed by atoms with Gasteiger partial charge in [-0.05, 0) is 52.5 Å². The molecule has 0 aliphatic carbocycles. The molecule has 0 bridgehead atoms. The molecule has 4 heteroatoms. The van der Waals surface area contributed by atoms with Crippen LogP contribution in [0.25, 0.3) is 0 Å². The lowest BCUT2D eigenvalue weighted by Crippen LogP contribution is -2.00. The number of hydrogen-bond acceptors (Lipinski definition) is 1. The van der Waals surface area contributed by atoms with E-state index in [2.05, 4.69) is 22.9 Å². The highest BCUT2D eigenvalue weighted by Gasteiger charge is 2.17. The van der Waals surface area contributed by atoms with Crippen molar-refractivity contribution in [2.45, 2.75) is 25.6 Å². The van der Waals surface area contributed by atoms with E-state index in [0.29, 0.717) is 17.7 Å². The van der Waals surface area contributed by atoms with E-state index in [4.69, 9.17) is 16.3 Å². The third-order valence-corrected chi connectivity index (χ3v) is 4.31. The van der Waals surface area contributed by atoms with E-state index in [-0.39, 0.29) is 5.82 Å². The summed E-state index contributed by atoms with van der Waals surface area (Å²) in [5, 5.41) is -0.526. The van der Waals surface area contributed by atoms with Gasteiger partial charge in [-0.2, -0.15) is 0 Å². The molecule has 0 amide bonds. The van der Waals surface area contributed by atoms with Crippen molar-refractivity contribution in [1.29, 1.82) is 0 Å². The Bertz CT molecular complexity index is 630. The highest BCUT2D eigenvalue weighted by molar-refractivity contribution is 9.10. The summed E-state index contributed by atoms with van der Waals surface area (Å²) in [7, 11) is 0. The minimum atomic E-state index is -0.526. The molecule has 0 spiro atoms. The normalized spacial score (nSPS) is 12.2. The van der Waals surface area contributed by atoms with Gasteiger partial charge in [-0.15, -0.1) is 11.6 Å². The highest BCUT2D eigenvalue weighted by atomic mass is 79.9. The predicted molar refractivity (Wildman–Crippen MR) is 88.8 cm³/mol. The molecule has 0 aliphatic heterocycles. The molecule has 0 radical (unpaired) electrons. The fraction of sp³-hybridized carbons (Fsp3) is 0.294. The quantitative estimate of drug-likeness (QED) is 0.584. The van der Waals surface area contributed by atoms with Crippen LogP contribution in [0.15, 0.2) is 40.9 Å². The van der Waals surface area contributed by atoms with Gasteiger partial charge in [0.15, 0.2) is 0 Å². The lowest BCUT2D eigenvalue weighted by molar-refractivity contribution is 0.315. The number of benzene rings is 2. The monoisotopic (exact) mass is 370 g/mol. The number of alkyl halides is 1. The minimum Gasteiger partial charge on any atom is -0.492 e. The van der Waals surface area contributed by atoms with E-state index in [1.165, 1.54) is 0 Å². The van der Waals surface area contributed by atoms with Gasteiger partial charge in [-0.3, -0.25) is 0 Å². The van der Waals surface area contributed by atoms with Crippen LogP contribution in [-0.4, -0.2) is 6.61 Å². The summed E-state index contributed by atoms with van der Waals surface area (Å²) in [6.07, 6.45) is 0.945. The summed E-state index contributed by atoms with van der Waals surface area (Å²) < 4.78 is 20.6. The predicted octanol–water partition coefficient (Wildman–Crippen LogP) is 6.01. The van der Waals surface area contributed by atoms with Crippen LogP contribution in [0.4, 0.5) is 4.39 Å². The van der Waals surface area contributed by atoms with Crippen LogP contribution < -0.4 is 4.74 Å². The van der Waals surface area contributed by atoms with Crippen molar-refractivity contribution in [3.63, 3.8) is 0 Å². The number of ether oxygens (including phenoxy) is 1. The molecule has 1 nitrogen and oxygen atoms in total. The second kappa shape index (κ2) is 7.28. The van der Waals surface area contributed by atoms with E-state index in [9.17, 15) is 4.39 Å². The maximum absolute atomic E-state index is 14.2. The van der Waals surface area contributed by atoms with Gasteiger partial charge in [-0.25, -0.2) is 4.39 Å². The van der Waals surface area contributed by atoms with Crippen molar-refractivity contribution in [1.82, 2.24) is 0 Å². The van der Waals surface area contributed by atoms with Gasteiger partial charge in [0, 0.05) is 5.56 Å². The Morgan fingerprint density at radius 3 is 2.71 bits per heavy atom. The standard InChI is InChI=1S/C17H17BrClFO/c1-3-9-21-15-8-7-12(10-14(15)18)16(19)13-6-4-5-11(2)17(13)20/h4-8,10,16H,3,9H2,1-2H3. The van der Waals surface area contributed by atoms with Crippen LogP contribution in [0.2, 0.25) is 0 Å². The zero-order valence-electron chi connectivity index (χ0n) is 12.0. The summed E-state index contributed by atoms with van der Waals surface area (Å²) in [4.78, 5) is 0. The Hall–Kier alpha value is -1.06. The summed E-state index contributed by atoms with van der Waals surface area (Å²) in [6, 6.07) is 10.9. The van der Waals surface area contributed by atoms with E-state index in [1.807, 2.05) is 24.3 Å². The van der Waals surface area contributed by atoms with Gasteiger partial charge >= 0.3 is 0 Å². The van der Waals surface area contributed by atoms with Crippen LogP contribution >= 0.6 is 27.5 Å². The minimum absolute atomic E-state index is 0.250. The summed E-state index contributed by atoms with van der Waals surface area (Å²) in [5.74, 6) is 0.522. The molecule has 0 aliphatic rings. The van der Waals surface area contributed by atoms with E-state index in [1.54, 1.807) is 19.1 Å². The van der Waals surface area contributed by atoms with Crippen molar-refractivity contribution < 1.29 is 9.13 Å². The smallest absolute Gasteiger partial charge is 0.133 e. The summed E-state index contributed by atoms with van der Waals surface area (Å²) in [5.41, 5.74) is 1.92. The molecule has 0 heterocycles. The third kappa shape index (κ3) is 3.78. The van der Waals surface area contributed by atoms with Gasteiger partial charge in [-0.1, -0.05) is 31.2 Å². The summed E-state index contributed by atoms with van der Waals surface area (Å²) >= 11 is 9.91. The van der Waals surface area contributed by atoms with Crippen LogP contribution in [0.3, 0.4) is 0 Å². The Balaban J connectivity index is 2.29. The zero-order valence-corrected chi connectivity index (χ0v) is 14.3. The van der Waals surface area contributed by atoms with Crippen molar-refractivity contribution in [2.75, 3.05) is 6.61 Å². The van der Waals surface area contributed by atoms with E-state index in [0.717, 1.165) is 22.2 Å². The van der Waals surface area contributed by atoms with Crippen molar-refractivity contribution in [2.24, 2.45) is 0 Å². The fourth-order valence-electron chi connectivity index (χ4n) is 2.05. The molecule has 1 atom stereocenters. The molecule has 0 N–H and O–H groups in total. The average Bonchev–Trinajstić information content (AvgIpc) is 2.48. The largest absolute Gasteiger partial charge is 0.492 e. The Morgan fingerprint density at radius 2 is 2.05 bits per heavy atom. The summed E-state index contributed by atoms with van der Waals surface area (Å²) in [6.45, 7) is 4.45. The second-order valence-electron chi connectivity index (χ2n) is 4.88. The first-order valence-electron chi connectivity index (χ1n) is 6.86. The van der Waals surface area contributed by atoms with Gasteiger partial charge in [0.1, 0.15) is 11.6 Å². The first kappa shape index (κ1) is 16.3. The molecule has 112 valence electrons. The molecule has 21 heavy (non-hydrogen) atoms. The van der Waals surface area contributed by atoms with Gasteiger partial charge in [0.05, 0.1) is 16.5 Å². The maximum Gasteiger partial charge on any atom is 0.133 e. The Labute approximate surface area is 138 Å². The topological polar surface area (TPSA) is 9.23 Å². The lowest BCUT2D eigenvalue weighted by Gasteiger charge is -2.14. The third-order valence-electron chi connectivity index (χ3n) is 3.21. The molecule has 2 rings (SSSR count). The van der Waals surface area contributed by atoms with Crippen LogP contribution in [0.5, 0.6) is 5.75 Å². The molecule has 0 saturated heterocycles. The molecular formula is C17H17BrClFO. The highest BCUT2D eigenvalue weighted by Crippen LogP contribution is 2.35. The van der Waals surface area contributed by atoms with Gasteiger partial charge in [0.2, 0.25) is 0 Å². The number of halogens is 3. The zero-order chi connectivity index (χ0) is 15.4. The number of hydrogen-bond donors (Lipinski definition) is 0. The lowest BCUT2D eigenvalue weighted by atomic mass is 10.0. The Kier molecular flexibility index (Phi) is 5.65. The number of rotatable bonds is 5. The van der Waals surface area contributed by atoms with Crippen LogP contribution in [0.1, 0.15) is 35.4 Å². The SMILES string of the molecule is CCCOc1ccc(C(Cl)c2cccc(C)c2F)cc1Br. The average molecular weight is 372 g/mol. The molecule has 0 aromatic heterocycles. The first-order chi connectivity index (χ1) is 10.0. The van der Waals surface area contributed by atoms with Gasteiger partial charge < -0.3 is 4.74 Å². The molecular weight excluding hydrogens is 355 g/mol.